The largest absolute Gasteiger partial charge is 0.384 e. The molecule has 7 heteroatoms. The lowest BCUT2D eigenvalue weighted by Crippen LogP contribution is -2.23. The van der Waals surface area contributed by atoms with Gasteiger partial charge < -0.3 is 11.1 Å². The number of nitrogens with two attached hydrogens (primary N) is 1. The van der Waals surface area contributed by atoms with Crippen molar-refractivity contribution in [3.8, 4) is 0 Å². The molecule has 0 radical (unpaired) electrons. The molecule has 0 aliphatic heterocycles. The fourth-order valence-corrected chi connectivity index (χ4v) is 4.06. The predicted molar refractivity (Wildman–Crippen MR) is 137 cm³/mol. The standard InChI is InChI=1S/C27H26ClN5O/c1-3-19-11-18(4-6-24(19)26(29)30-2)15-33-27(34)20-8-9-31-23(14-20)12-17-5-7-25-21(10-17)13-22(28)16-32-25/h4-11,13-14,16H,3,12,15H2,1-2H3,(H2,29,30)(H,33,34). The molecule has 3 N–H and O–H groups in total. The number of hydrogen-bond donors (Lipinski definition) is 2. The fourth-order valence-electron chi connectivity index (χ4n) is 3.89. The number of halogens is 1. The van der Waals surface area contributed by atoms with E-state index in [0.29, 0.717) is 29.4 Å². The molecule has 172 valence electrons. The highest BCUT2D eigenvalue weighted by Crippen LogP contribution is 2.20. The third-order valence-corrected chi connectivity index (χ3v) is 5.90. The number of aliphatic imine (C=N–C) groups is 1. The second-order valence-corrected chi connectivity index (χ2v) is 8.47. The lowest BCUT2D eigenvalue weighted by atomic mass is 10.0. The summed E-state index contributed by atoms with van der Waals surface area (Å²) >= 11 is 6.08. The van der Waals surface area contributed by atoms with Gasteiger partial charge in [-0.05, 0) is 53.4 Å². The second-order valence-electron chi connectivity index (χ2n) is 8.03. The van der Waals surface area contributed by atoms with Gasteiger partial charge in [0.25, 0.3) is 5.91 Å². The molecular formula is C27H26ClN5O. The normalized spacial score (nSPS) is 11.6. The van der Waals surface area contributed by atoms with Crippen LogP contribution in [-0.4, -0.2) is 28.8 Å². The van der Waals surface area contributed by atoms with Gasteiger partial charge in [-0.25, -0.2) is 0 Å². The van der Waals surface area contributed by atoms with Gasteiger partial charge in [0.15, 0.2) is 0 Å². The van der Waals surface area contributed by atoms with E-state index >= 15 is 0 Å². The zero-order valence-electron chi connectivity index (χ0n) is 19.2. The number of amidine groups is 1. The van der Waals surface area contributed by atoms with Crippen LogP contribution >= 0.6 is 11.6 Å². The van der Waals surface area contributed by atoms with Crippen molar-refractivity contribution >= 4 is 34.2 Å². The Bertz CT molecular complexity index is 1380. The van der Waals surface area contributed by atoms with E-state index < -0.39 is 0 Å². The average molecular weight is 472 g/mol. The van der Waals surface area contributed by atoms with Gasteiger partial charge >= 0.3 is 0 Å². The number of fused-ring (bicyclic) bond motifs is 1. The Balaban J connectivity index is 1.45. The molecule has 4 aromatic rings. The summed E-state index contributed by atoms with van der Waals surface area (Å²) < 4.78 is 0. The molecule has 0 aliphatic carbocycles. The van der Waals surface area contributed by atoms with Crippen LogP contribution in [0.3, 0.4) is 0 Å². The molecule has 2 aromatic carbocycles. The number of amides is 1. The molecule has 0 bridgehead atoms. The van der Waals surface area contributed by atoms with E-state index in [0.717, 1.165) is 45.3 Å². The smallest absolute Gasteiger partial charge is 0.251 e. The van der Waals surface area contributed by atoms with Crippen LogP contribution in [-0.2, 0) is 19.4 Å². The number of pyridine rings is 2. The predicted octanol–water partition coefficient (Wildman–Crippen LogP) is 4.70. The Hall–Kier alpha value is -3.77. The Labute approximate surface area is 203 Å². The molecular weight excluding hydrogens is 446 g/mol. The number of nitrogens with one attached hydrogen (secondary N) is 1. The summed E-state index contributed by atoms with van der Waals surface area (Å²) in [6.45, 7) is 2.49. The van der Waals surface area contributed by atoms with Crippen LogP contribution < -0.4 is 11.1 Å². The highest BCUT2D eigenvalue weighted by Gasteiger charge is 2.10. The molecule has 0 saturated heterocycles. The molecule has 1 amide bonds. The van der Waals surface area contributed by atoms with Gasteiger partial charge in [-0.15, -0.1) is 0 Å². The minimum atomic E-state index is -0.144. The summed E-state index contributed by atoms with van der Waals surface area (Å²) in [7, 11) is 1.68. The van der Waals surface area contributed by atoms with Crippen molar-refractivity contribution in [3.05, 3.63) is 106 Å². The monoisotopic (exact) mass is 471 g/mol. The average Bonchev–Trinajstić information content (AvgIpc) is 2.86. The first-order valence-corrected chi connectivity index (χ1v) is 11.5. The summed E-state index contributed by atoms with van der Waals surface area (Å²) in [5.74, 6) is 0.373. The molecule has 0 spiro atoms. The Kier molecular flexibility index (Phi) is 7.18. The third kappa shape index (κ3) is 5.41. The first-order chi connectivity index (χ1) is 16.5. The van der Waals surface area contributed by atoms with E-state index in [1.807, 2.05) is 42.5 Å². The highest BCUT2D eigenvalue weighted by atomic mass is 35.5. The van der Waals surface area contributed by atoms with E-state index in [1.54, 1.807) is 25.5 Å². The Morgan fingerprint density at radius 2 is 1.88 bits per heavy atom. The number of hydrogen-bond acceptors (Lipinski definition) is 4. The number of carbonyl (C=O) groups excluding carboxylic acids is 1. The molecule has 2 aromatic heterocycles. The maximum absolute atomic E-state index is 12.8. The first kappa shape index (κ1) is 23.4. The molecule has 0 saturated carbocycles. The topological polar surface area (TPSA) is 93.3 Å². The van der Waals surface area contributed by atoms with Gasteiger partial charge in [0.2, 0.25) is 0 Å². The SMILES string of the molecule is CCc1cc(CNC(=O)c2ccnc(Cc3ccc4ncc(Cl)cc4c3)c2)ccc1C(N)=NC. The zero-order chi connectivity index (χ0) is 24.1. The van der Waals surface area contributed by atoms with Crippen LogP contribution in [0.25, 0.3) is 10.9 Å². The van der Waals surface area contributed by atoms with Gasteiger partial charge in [-0.3, -0.25) is 19.8 Å². The van der Waals surface area contributed by atoms with Crippen molar-refractivity contribution in [3.63, 3.8) is 0 Å². The zero-order valence-corrected chi connectivity index (χ0v) is 19.9. The van der Waals surface area contributed by atoms with E-state index in [1.165, 1.54) is 0 Å². The molecule has 6 nitrogen and oxygen atoms in total. The van der Waals surface area contributed by atoms with Crippen molar-refractivity contribution < 1.29 is 4.79 Å². The van der Waals surface area contributed by atoms with Crippen molar-refractivity contribution in [1.82, 2.24) is 15.3 Å². The summed E-state index contributed by atoms with van der Waals surface area (Å²) in [4.78, 5) is 25.7. The lowest BCUT2D eigenvalue weighted by molar-refractivity contribution is 0.0950. The number of nitrogens with zero attached hydrogens (tertiary/aromatic N) is 3. The fraction of sp³-hybridized carbons (Fsp3) is 0.185. The maximum atomic E-state index is 12.8. The minimum Gasteiger partial charge on any atom is -0.384 e. The van der Waals surface area contributed by atoms with E-state index in [9.17, 15) is 4.79 Å². The summed E-state index contributed by atoms with van der Waals surface area (Å²) in [6, 6.07) is 17.5. The van der Waals surface area contributed by atoms with Crippen molar-refractivity contribution in [1.29, 1.82) is 0 Å². The van der Waals surface area contributed by atoms with E-state index in [-0.39, 0.29) is 5.91 Å². The van der Waals surface area contributed by atoms with Gasteiger partial charge in [0, 0.05) is 54.6 Å². The lowest BCUT2D eigenvalue weighted by Gasteiger charge is -2.11. The van der Waals surface area contributed by atoms with E-state index in [2.05, 4.69) is 33.3 Å². The van der Waals surface area contributed by atoms with Crippen LogP contribution in [0, 0.1) is 0 Å². The van der Waals surface area contributed by atoms with Crippen LogP contribution in [0.5, 0.6) is 0 Å². The van der Waals surface area contributed by atoms with Gasteiger partial charge in [-0.2, -0.15) is 0 Å². The van der Waals surface area contributed by atoms with E-state index in [4.69, 9.17) is 17.3 Å². The second kappa shape index (κ2) is 10.4. The molecule has 0 unspecified atom stereocenters. The molecule has 34 heavy (non-hydrogen) atoms. The Morgan fingerprint density at radius 1 is 1.06 bits per heavy atom. The van der Waals surface area contributed by atoms with Crippen molar-refractivity contribution in [2.45, 2.75) is 26.3 Å². The van der Waals surface area contributed by atoms with Gasteiger partial charge in [-0.1, -0.05) is 42.8 Å². The third-order valence-electron chi connectivity index (χ3n) is 5.70. The summed E-state index contributed by atoms with van der Waals surface area (Å²) in [5.41, 5.74) is 12.4. The summed E-state index contributed by atoms with van der Waals surface area (Å²) in [5, 5.41) is 4.58. The van der Waals surface area contributed by atoms with Crippen LogP contribution in [0.15, 0.2) is 72.0 Å². The molecule has 0 atom stereocenters. The number of aryl methyl sites for hydroxylation is 1. The maximum Gasteiger partial charge on any atom is 0.251 e. The number of carbonyl (C=O) groups is 1. The van der Waals surface area contributed by atoms with Crippen LogP contribution in [0.4, 0.5) is 0 Å². The highest BCUT2D eigenvalue weighted by molar-refractivity contribution is 6.31. The number of benzene rings is 2. The Morgan fingerprint density at radius 3 is 2.68 bits per heavy atom. The molecule has 4 rings (SSSR count). The molecule has 2 heterocycles. The van der Waals surface area contributed by atoms with Gasteiger partial charge in [0.1, 0.15) is 5.84 Å². The first-order valence-electron chi connectivity index (χ1n) is 11.1. The van der Waals surface area contributed by atoms with Crippen LogP contribution in [0.2, 0.25) is 5.02 Å². The quantitative estimate of drug-likeness (QED) is 0.302. The number of rotatable bonds is 7. The molecule has 0 fully saturated rings. The van der Waals surface area contributed by atoms with Crippen molar-refractivity contribution in [2.24, 2.45) is 10.7 Å². The minimum absolute atomic E-state index is 0.144. The summed E-state index contributed by atoms with van der Waals surface area (Å²) in [6.07, 6.45) is 4.74. The van der Waals surface area contributed by atoms with Crippen LogP contribution in [0.1, 0.15) is 45.2 Å². The number of aromatic nitrogens is 2. The van der Waals surface area contributed by atoms with Gasteiger partial charge in [0.05, 0.1) is 10.5 Å². The van der Waals surface area contributed by atoms with Crippen molar-refractivity contribution in [2.75, 3.05) is 7.05 Å². The molecule has 0 aliphatic rings.